The van der Waals surface area contributed by atoms with E-state index in [0.29, 0.717) is 18.3 Å². The first-order chi connectivity index (χ1) is 12.8. The highest BCUT2D eigenvalue weighted by atomic mass is 127. The van der Waals surface area contributed by atoms with Crippen molar-refractivity contribution in [3.63, 3.8) is 0 Å². The Labute approximate surface area is 189 Å². The molecule has 0 bridgehead atoms. The van der Waals surface area contributed by atoms with Crippen LogP contribution in [0, 0.1) is 0 Å². The van der Waals surface area contributed by atoms with Crippen LogP contribution in [-0.2, 0) is 10.8 Å². The smallest absolute Gasteiger partial charge is 0.191 e. The quantitative estimate of drug-likeness (QED) is 0.328. The van der Waals surface area contributed by atoms with Crippen LogP contribution in [0.15, 0.2) is 29.3 Å². The first-order valence-electron chi connectivity index (χ1n) is 9.66. The van der Waals surface area contributed by atoms with Crippen molar-refractivity contribution >= 4 is 46.4 Å². The summed E-state index contributed by atoms with van der Waals surface area (Å²) in [4.78, 5) is 6.96. The van der Waals surface area contributed by atoms with E-state index in [9.17, 15) is 4.21 Å². The molecular weight excluding hydrogens is 487 g/mol. The number of rotatable bonds is 7. The van der Waals surface area contributed by atoms with E-state index < -0.39 is 10.8 Å². The second-order valence-electron chi connectivity index (χ2n) is 7.67. The molecular formula is C20H35IN4O2S. The monoisotopic (exact) mass is 522 g/mol. The van der Waals surface area contributed by atoms with Crippen molar-refractivity contribution in [2.75, 3.05) is 43.9 Å². The SMILES string of the molecule is CCNC(=NCCS(=O)C(C)(C)C)NC1CCN(c2ccccc2OC)C1.I. The van der Waals surface area contributed by atoms with E-state index in [4.69, 9.17) is 4.74 Å². The van der Waals surface area contributed by atoms with Crippen molar-refractivity contribution in [2.24, 2.45) is 4.99 Å². The number of halogens is 1. The summed E-state index contributed by atoms with van der Waals surface area (Å²) in [5, 5.41) is 6.82. The number of nitrogens with one attached hydrogen (secondary N) is 2. The summed E-state index contributed by atoms with van der Waals surface area (Å²) in [5.41, 5.74) is 1.13. The van der Waals surface area contributed by atoms with Crippen LogP contribution in [0.3, 0.4) is 0 Å². The highest BCUT2D eigenvalue weighted by Crippen LogP contribution is 2.30. The van der Waals surface area contributed by atoms with Gasteiger partial charge < -0.3 is 20.3 Å². The second kappa shape index (κ2) is 11.8. The first kappa shape index (κ1) is 25.0. The lowest BCUT2D eigenvalue weighted by atomic mass is 10.2. The van der Waals surface area contributed by atoms with Crippen molar-refractivity contribution in [1.82, 2.24) is 10.6 Å². The number of benzene rings is 1. The van der Waals surface area contributed by atoms with Gasteiger partial charge in [0.2, 0.25) is 0 Å². The van der Waals surface area contributed by atoms with Gasteiger partial charge in [-0.25, -0.2) is 0 Å². The zero-order chi connectivity index (χ0) is 19.9. The molecule has 2 N–H and O–H groups in total. The van der Waals surface area contributed by atoms with Gasteiger partial charge in [-0.1, -0.05) is 12.1 Å². The van der Waals surface area contributed by atoms with Gasteiger partial charge in [0.25, 0.3) is 0 Å². The van der Waals surface area contributed by atoms with Gasteiger partial charge in [0.05, 0.1) is 19.3 Å². The average molecular weight is 522 g/mol. The van der Waals surface area contributed by atoms with Crippen LogP contribution < -0.4 is 20.3 Å². The molecule has 1 heterocycles. The van der Waals surface area contributed by atoms with Crippen LogP contribution >= 0.6 is 24.0 Å². The van der Waals surface area contributed by atoms with Gasteiger partial charge in [-0.05, 0) is 46.2 Å². The maximum atomic E-state index is 12.2. The van der Waals surface area contributed by atoms with Gasteiger partial charge in [0.1, 0.15) is 5.75 Å². The minimum atomic E-state index is -0.881. The molecule has 1 aliphatic rings. The molecule has 2 unspecified atom stereocenters. The van der Waals surface area contributed by atoms with E-state index in [2.05, 4.69) is 33.5 Å². The Balaban J connectivity index is 0.00000392. The van der Waals surface area contributed by atoms with Crippen LogP contribution in [-0.4, -0.2) is 60.0 Å². The Morgan fingerprint density at radius 2 is 2.07 bits per heavy atom. The number of hydrogen-bond acceptors (Lipinski definition) is 4. The molecule has 0 aromatic heterocycles. The summed E-state index contributed by atoms with van der Waals surface area (Å²) in [7, 11) is 0.830. The first-order valence-corrected chi connectivity index (χ1v) is 11.0. The molecule has 1 saturated heterocycles. The third kappa shape index (κ3) is 7.42. The summed E-state index contributed by atoms with van der Waals surface area (Å²) in [6.07, 6.45) is 1.04. The van der Waals surface area contributed by atoms with E-state index in [-0.39, 0.29) is 28.7 Å². The van der Waals surface area contributed by atoms with Gasteiger partial charge in [-0.3, -0.25) is 9.20 Å². The fourth-order valence-electron chi connectivity index (χ4n) is 3.05. The molecule has 0 saturated carbocycles. The van der Waals surface area contributed by atoms with Gasteiger partial charge >= 0.3 is 0 Å². The number of methoxy groups -OCH3 is 1. The molecule has 2 rings (SSSR count). The van der Waals surface area contributed by atoms with E-state index in [1.54, 1.807) is 7.11 Å². The van der Waals surface area contributed by atoms with Crippen LogP contribution in [0.25, 0.3) is 0 Å². The van der Waals surface area contributed by atoms with Crippen molar-refractivity contribution in [3.05, 3.63) is 24.3 Å². The average Bonchev–Trinajstić information content (AvgIpc) is 3.09. The molecule has 2 atom stereocenters. The number of anilines is 1. The fourth-order valence-corrected chi connectivity index (χ4v) is 3.92. The lowest BCUT2D eigenvalue weighted by molar-refractivity contribution is 0.415. The number of ether oxygens (including phenoxy) is 1. The van der Waals surface area contributed by atoms with E-state index in [0.717, 1.165) is 43.5 Å². The Morgan fingerprint density at radius 1 is 1.36 bits per heavy atom. The Kier molecular flexibility index (Phi) is 10.6. The molecule has 1 aliphatic heterocycles. The number of nitrogens with zero attached hydrogens (tertiary/aromatic N) is 2. The standard InChI is InChI=1S/C20H34N4O2S.HI/c1-6-21-19(22-12-14-27(25)20(2,3)4)23-16-11-13-24(15-16)17-9-7-8-10-18(17)26-5;/h7-10,16H,6,11-15H2,1-5H3,(H2,21,22,23);1H. The van der Waals surface area contributed by atoms with Crippen LogP contribution in [0.4, 0.5) is 5.69 Å². The topological polar surface area (TPSA) is 66.0 Å². The molecule has 1 aromatic carbocycles. The molecule has 8 heteroatoms. The third-order valence-electron chi connectivity index (χ3n) is 4.53. The summed E-state index contributed by atoms with van der Waals surface area (Å²) < 4.78 is 17.5. The predicted octanol–water partition coefficient (Wildman–Crippen LogP) is 2.99. The van der Waals surface area contributed by atoms with Gasteiger partial charge in [0, 0.05) is 47.0 Å². The van der Waals surface area contributed by atoms with Crippen LogP contribution in [0.5, 0.6) is 5.75 Å². The lowest BCUT2D eigenvalue weighted by Crippen LogP contribution is -2.45. The Morgan fingerprint density at radius 3 is 2.71 bits per heavy atom. The van der Waals surface area contributed by atoms with E-state index in [1.165, 1.54) is 0 Å². The molecule has 28 heavy (non-hydrogen) atoms. The molecule has 160 valence electrons. The van der Waals surface area contributed by atoms with E-state index >= 15 is 0 Å². The van der Waals surface area contributed by atoms with Crippen molar-refractivity contribution < 1.29 is 8.95 Å². The molecule has 6 nitrogen and oxygen atoms in total. The highest BCUT2D eigenvalue weighted by Gasteiger charge is 2.25. The minimum absolute atomic E-state index is 0. The number of guanidine groups is 1. The number of aliphatic imine (C=N–C) groups is 1. The largest absolute Gasteiger partial charge is 0.495 e. The van der Waals surface area contributed by atoms with Gasteiger partial charge in [0.15, 0.2) is 5.96 Å². The fraction of sp³-hybridized carbons (Fsp3) is 0.650. The molecule has 1 fully saturated rings. The Bertz CT molecular complexity index is 664. The number of para-hydroxylation sites is 2. The molecule has 0 spiro atoms. The second-order valence-corrected chi connectivity index (χ2v) is 9.99. The zero-order valence-electron chi connectivity index (χ0n) is 17.7. The van der Waals surface area contributed by atoms with Gasteiger partial charge in [-0.2, -0.15) is 0 Å². The normalized spacial score (nSPS) is 18.4. The van der Waals surface area contributed by atoms with Crippen molar-refractivity contribution in [2.45, 2.75) is 44.9 Å². The van der Waals surface area contributed by atoms with Crippen LogP contribution in [0.1, 0.15) is 34.1 Å². The van der Waals surface area contributed by atoms with E-state index in [1.807, 2.05) is 39.0 Å². The highest BCUT2D eigenvalue weighted by molar-refractivity contribution is 14.0. The summed E-state index contributed by atoms with van der Waals surface area (Å²) in [6, 6.07) is 8.45. The zero-order valence-corrected chi connectivity index (χ0v) is 20.8. The summed E-state index contributed by atoms with van der Waals surface area (Å²) in [5.74, 6) is 2.29. The summed E-state index contributed by atoms with van der Waals surface area (Å²) in [6.45, 7) is 11.3. The molecule has 0 amide bonds. The van der Waals surface area contributed by atoms with Gasteiger partial charge in [-0.15, -0.1) is 24.0 Å². The van der Waals surface area contributed by atoms with Crippen LogP contribution in [0.2, 0.25) is 0 Å². The lowest BCUT2D eigenvalue weighted by Gasteiger charge is -2.22. The molecule has 0 aliphatic carbocycles. The maximum Gasteiger partial charge on any atom is 0.191 e. The van der Waals surface area contributed by atoms with Crippen molar-refractivity contribution in [3.8, 4) is 5.75 Å². The molecule has 0 radical (unpaired) electrons. The third-order valence-corrected chi connectivity index (χ3v) is 6.45. The maximum absolute atomic E-state index is 12.2. The minimum Gasteiger partial charge on any atom is -0.495 e. The van der Waals surface area contributed by atoms with Crippen molar-refractivity contribution in [1.29, 1.82) is 0 Å². The Hall–Kier alpha value is -1.03. The predicted molar refractivity (Wildman–Crippen MR) is 131 cm³/mol. The summed E-state index contributed by atoms with van der Waals surface area (Å²) >= 11 is 0. The molecule has 1 aromatic rings. The number of hydrogen-bond donors (Lipinski definition) is 2.